The molecule has 5 heteroatoms. The van der Waals surface area contributed by atoms with Gasteiger partial charge in [-0.1, -0.05) is 0 Å². The van der Waals surface area contributed by atoms with Crippen LogP contribution in [0.3, 0.4) is 0 Å². The minimum Gasteiger partial charge on any atom is -0.444 e. The number of ketones is 1. The van der Waals surface area contributed by atoms with Crippen LogP contribution in [0.15, 0.2) is 0 Å². The number of hydrogen-bond acceptors (Lipinski definition) is 4. The van der Waals surface area contributed by atoms with Gasteiger partial charge in [-0.3, -0.25) is 9.69 Å². The van der Waals surface area contributed by atoms with E-state index in [-0.39, 0.29) is 11.7 Å². The molecule has 0 saturated carbocycles. The van der Waals surface area contributed by atoms with Gasteiger partial charge in [0, 0.05) is 6.54 Å². The summed E-state index contributed by atoms with van der Waals surface area (Å²) in [6.45, 7) is 7.39. The smallest absolute Gasteiger partial charge is 0.411 e. The third-order valence-corrected chi connectivity index (χ3v) is 2.60. The second-order valence-corrected chi connectivity index (χ2v) is 5.17. The number of ether oxygens (including phenoxy) is 1. The lowest BCUT2D eigenvalue weighted by atomic mass is 10.0. The molecule has 0 radical (unpaired) electrons. The molecular weight excluding hydrogens is 208 g/mol. The second kappa shape index (κ2) is 4.41. The maximum atomic E-state index is 11.8. The maximum absolute atomic E-state index is 11.8. The van der Waals surface area contributed by atoms with Crippen molar-refractivity contribution in [3.8, 4) is 0 Å². The highest BCUT2D eigenvalue weighted by Crippen LogP contribution is 2.23. The second-order valence-electron chi connectivity index (χ2n) is 5.17. The van der Waals surface area contributed by atoms with Crippen molar-refractivity contribution in [3.63, 3.8) is 0 Å². The fraction of sp³-hybridized carbons (Fsp3) is 0.818. The Bertz CT molecular complexity index is 296. The van der Waals surface area contributed by atoms with Crippen LogP contribution in [0, 0.1) is 5.92 Å². The maximum Gasteiger partial charge on any atom is 0.411 e. The van der Waals surface area contributed by atoms with Gasteiger partial charge in [-0.25, -0.2) is 4.79 Å². The summed E-state index contributed by atoms with van der Waals surface area (Å²) in [5.41, 5.74) is 5.31. The zero-order valence-electron chi connectivity index (χ0n) is 10.3. The first-order chi connectivity index (χ1) is 7.22. The number of Topliss-reactive ketones (excluding diaryl/α,β-unsaturated/α-hetero) is 1. The zero-order chi connectivity index (χ0) is 12.5. The van der Waals surface area contributed by atoms with Crippen LogP contribution < -0.4 is 5.73 Å². The summed E-state index contributed by atoms with van der Waals surface area (Å²) < 4.78 is 5.22. The Balaban J connectivity index is 2.63. The fourth-order valence-electron chi connectivity index (χ4n) is 1.79. The number of carbonyl (C=O) groups excluding carboxylic acids is 2. The minimum atomic E-state index is -0.549. The van der Waals surface area contributed by atoms with Gasteiger partial charge in [0.05, 0.1) is 12.1 Å². The number of likely N-dealkylation sites (tertiary alicyclic amines) is 1. The Hall–Kier alpha value is -1.10. The van der Waals surface area contributed by atoms with E-state index in [9.17, 15) is 9.59 Å². The molecule has 1 rings (SSSR count). The lowest BCUT2D eigenvalue weighted by molar-refractivity contribution is -0.121. The van der Waals surface area contributed by atoms with Gasteiger partial charge in [-0.15, -0.1) is 0 Å². The van der Waals surface area contributed by atoms with E-state index in [4.69, 9.17) is 10.5 Å². The predicted octanol–water partition coefficient (Wildman–Crippen LogP) is 1.12. The van der Waals surface area contributed by atoms with E-state index in [0.717, 1.165) is 0 Å². The molecule has 2 N–H and O–H groups in total. The van der Waals surface area contributed by atoms with Crippen LogP contribution in [0.2, 0.25) is 0 Å². The molecule has 0 aliphatic carbocycles. The van der Waals surface area contributed by atoms with Gasteiger partial charge in [0.15, 0.2) is 0 Å². The van der Waals surface area contributed by atoms with E-state index < -0.39 is 17.9 Å². The van der Waals surface area contributed by atoms with E-state index in [1.165, 1.54) is 11.8 Å². The van der Waals surface area contributed by atoms with Crippen LogP contribution in [0.25, 0.3) is 0 Å². The highest BCUT2D eigenvalue weighted by atomic mass is 16.6. The molecule has 1 unspecified atom stereocenters. The largest absolute Gasteiger partial charge is 0.444 e. The van der Waals surface area contributed by atoms with Gasteiger partial charge >= 0.3 is 6.09 Å². The Morgan fingerprint density at radius 3 is 2.31 bits per heavy atom. The first kappa shape index (κ1) is 13.0. The molecule has 1 fully saturated rings. The highest BCUT2D eigenvalue weighted by molar-refractivity contribution is 5.80. The lowest BCUT2D eigenvalue weighted by Gasteiger charge is -2.27. The molecule has 0 aromatic rings. The third-order valence-electron chi connectivity index (χ3n) is 2.60. The number of nitrogens with zero attached hydrogens (tertiary/aromatic N) is 1. The summed E-state index contributed by atoms with van der Waals surface area (Å²) >= 11 is 0. The van der Waals surface area contributed by atoms with Gasteiger partial charge in [0.2, 0.25) is 0 Å². The van der Waals surface area contributed by atoms with E-state index in [1.807, 2.05) is 0 Å². The summed E-state index contributed by atoms with van der Waals surface area (Å²) in [7, 11) is 0. The Morgan fingerprint density at radius 2 is 1.94 bits per heavy atom. The Kier molecular flexibility index (Phi) is 3.57. The summed E-state index contributed by atoms with van der Waals surface area (Å²) in [4.78, 5) is 24.4. The van der Waals surface area contributed by atoms with Crippen LogP contribution in [-0.2, 0) is 9.53 Å². The normalized spacial score (nSPS) is 25.7. The number of carbonyl (C=O) groups is 2. The highest BCUT2D eigenvalue weighted by Gasteiger charge is 2.38. The molecule has 0 spiro atoms. The lowest BCUT2D eigenvalue weighted by Crippen LogP contribution is -2.47. The van der Waals surface area contributed by atoms with Crippen LogP contribution >= 0.6 is 0 Å². The van der Waals surface area contributed by atoms with Crippen molar-refractivity contribution >= 4 is 11.9 Å². The molecule has 0 aromatic carbocycles. The predicted molar refractivity (Wildman–Crippen MR) is 59.7 cm³/mol. The van der Waals surface area contributed by atoms with Gasteiger partial charge in [-0.2, -0.15) is 0 Å². The van der Waals surface area contributed by atoms with Gasteiger partial charge in [0.25, 0.3) is 0 Å². The summed E-state index contributed by atoms with van der Waals surface area (Å²) in [6, 6.07) is 0. The van der Waals surface area contributed by atoms with Gasteiger partial charge < -0.3 is 10.5 Å². The standard InChI is InChI=1S/C11H20N2O3/c1-7(14)8-5-6-13(9(8)12)10(15)16-11(2,3)4/h8-9H,5-6,12H2,1-4H3/t8-,9?/m1/s1. The zero-order valence-corrected chi connectivity index (χ0v) is 10.3. The number of nitrogens with two attached hydrogens (primary N) is 1. The van der Waals surface area contributed by atoms with Crippen LogP contribution in [0.5, 0.6) is 0 Å². The quantitative estimate of drug-likeness (QED) is 0.730. The SMILES string of the molecule is CC(=O)[C@H]1CCN(C(=O)OC(C)(C)C)C1N. The molecule has 5 nitrogen and oxygen atoms in total. The van der Waals surface area contributed by atoms with Crippen LogP contribution in [0.1, 0.15) is 34.1 Å². The van der Waals surface area contributed by atoms with Crippen LogP contribution in [0.4, 0.5) is 4.79 Å². The molecular formula is C11H20N2O3. The van der Waals surface area contributed by atoms with Crippen molar-refractivity contribution in [2.24, 2.45) is 11.7 Å². The summed E-state index contributed by atoms with van der Waals surface area (Å²) in [5.74, 6) is -0.230. The van der Waals surface area contributed by atoms with E-state index in [1.54, 1.807) is 20.8 Å². The molecule has 1 saturated heterocycles. The molecule has 0 bridgehead atoms. The molecule has 0 aromatic heterocycles. The first-order valence-corrected chi connectivity index (χ1v) is 5.48. The van der Waals surface area contributed by atoms with Crippen molar-refractivity contribution in [2.45, 2.75) is 45.9 Å². The minimum absolute atomic E-state index is 0.0264. The van der Waals surface area contributed by atoms with Gasteiger partial charge in [-0.05, 0) is 34.1 Å². The van der Waals surface area contributed by atoms with Gasteiger partial charge in [0.1, 0.15) is 11.4 Å². The van der Waals surface area contributed by atoms with Crippen molar-refractivity contribution < 1.29 is 14.3 Å². The average molecular weight is 228 g/mol. The molecule has 1 heterocycles. The molecule has 92 valence electrons. The summed E-state index contributed by atoms with van der Waals surface area (Å²) in [5, 5.41) is 0. The topological polar surface area (TPSA) is 72.6 Å². The van der Waals surface area contributed by atoms with Crippen molar-refractivity contribution in [3.05, 3.63) is 0 Å². The molecule has 1 aliphatic heterocycles. The molecule has 1 aliphatic rings. The fourth-order valence-corrected chi connectivity index (χ4v) is 1.79. The van der Waals surface area contributed by atoms with E-state index >= 15 is 0 Å². The molecule has 1 amide bonds. The van der Waals surface area contributed by atoms with Crippen molar-refractivity contribution in [1.82, 2.24) is 4.90 Å². The first-order valence-electron chi connectivity index (χ1n) is 5.48. The Morgan fingerprint density at radius 1 is 1.38 bits per heavy atom. The number of rotatable bonds is 1. The van der Waals surface area contributed by atoms with Crippen molar-refractivity contribution in [2.75, 3.05) is 6.54 Å². The number of amides is 1. The van der Waals surface area contributed by atoms with Crippen LogP contribution in [-0.4, -0.2) is 35.1 Å². The molecule has 16 heavy (non-hydrogen) atoms. The van der Waals surface area contributed by atoms with E-state index in [2.05, 4.69) is 0 Å². The number of hydrogen-bond donors (Lipinski definition) is 1. The third kappa shape index (κ3) is 2.95. The van der Waals surface area contributed by atoms with Crippen molar-refractivity contribution in [1.29, 1.82) is 0 Å². The summed E-state index contributed by atoms with van der Waals surface area (Å²) in [6.07, 6.45) is -0.369. The average Bonchev–Trinajstić information content (AvgIpc) is 2.43. The van der Waals surface area contributed by atoms with E-state index in [0.29, 0.717) is 13.0 Å². The Labute approximate surface area is 95.9 Å². The monoisotopic (exact) mass is 228 g/mol. The molecule has 2 atom stereocenters.